The van der Waals surface area contributed by atoms with E-state index in [1.807, 2.05) is 0 Å². The minimum absolute atomic E-state index is 0.0270. The predicted molar refractivity (Wildman–Crippen MR) is 43.9 cm³/mol. The Balaban J connectivity index is 3.28. The molecule has 0 fully saturated rings. The Kier molecular flexibility index (Phi) is 2.06. The van der Waals surface area contributed by atoms with Crippen LogP contribution in [0.3, 0.4) is 0 Å². The van der Waals surface area contributed by atoms with Gasteiger partial charge in [0.1, 0.15) is 0 Å². The second-order valence-corrected chi connectivity index (χ2v) is 4.58. The third-order valence-corrected chi connectivity index (χ3v) is 2.49. The molecule has 5 heteroatoms. The summed E-state index contributed by atoms with van der Waals surface area (Å²) in [6.45, 7) is 0. The van der Waals surface area contributed by atoms with Gasteiger partial charge in [-0.15, -0.1) is 0 Å². The molecule has 0 aliphatic heterocycles. The van der Waals surface area contributed by atoms with Gasteiger partial charge in [-0.3, -0.25) is 0 Å². The fraction of sp³-hybridized carbons (Fsp3) is 0. The second kappa shape index (κ2) is 2.71. The van der Waals surface area contributed by atoms with Crippen molar-refractivity contribution < 1.29 is 8.42 Å². The lowest BCUT2D eigenvalue weighted by Crippen LogP contribution is -1.92. The standard InChI is InChI=1S/C6H6ClNO2S/c7-11(9,10)6-3-1-2-5(8)4-6/h1-4H,8H2. The van der Waals surface area contributed by atoms with Crippen molar-refractivity contribution in [2.24, 2.45) is 0 Å². The molecule has 0 spiro atoms. The summed E-state index contributed by atoms with van der Waals surface area (Å²) < 4.78 is 21.4. The van der Waals surface area contributed by atoms with Crippen LogP contribution in [0.15, 0.2) is 29.2 Å². The molecule has 1 aromatic rings. The van der Waals surface area contributed by atoms with Gasteiger partial charge in [0, 0.05) is 16.4 Å². The number of rotatable bonds is 1. The molecule has 3 nitrogen and oxygen atoms in total. The topological polar surface area (TPSA) is 60.2 Å². The van der Waals surface area contributed by atoms with Gasteiger partial charge in [0.05, 0.1) is 4.90 Å². The van der Waals surface area contributed by atoms with Crippen LogP contribution in [0.25, 0.3) is 0 Å². The molecular formula is C6H6ClNO2S. The smallest absolute Gasteiger partial charge is 0.261 e. The zero-order chi connectivity index (χ0) is 8.48. The van der Waals surface area contributed by atoms with E-state index < -0.39 is 9.05 Å². The highest BCUT2D eigenvalue weighted by molar-refractivity contribution is 8.13. The number of hydrogen-bond donors (Lipinski definition) is 1. The third kappa shape index (κ3) is 2.10. The summed E-state index contributed by atoms with van der Waals surface area (Å²) in [5.74, 6) is 0. The number of halogens is 1. The van der Waals surface area contributed by atoms with Gasteiger partial charge in [-0.05, 0) is 18.2 Å². The van der Waals surface area contributed by atoms with Gasteiger partial charge in [-0.25, -0.2) is 8.42 Å². The van der Waals surface area contributed by atoms with Crippen molar-refractivity contribution in [2.75, 3.05) is 5.73 Å². The maximum absolute atomic E-state index is 10.7. The monoisotopic (exact) mass is 191 g/mol. The van der Waals surface area contributed by atoms with E-state index in [-0.39, 0.29) is 4.90 Å². The highest BCUT2D eigenvalue weighted by Crippen LogP contribution is 2.16. The highest BCUT2D eigenvalue weighted by atomic mass is 35.7. The van der Waals surface area contributed by atoms with Gasteiger partial charge < -0.3 is 5.73 Å². The fourth-order valence-corrected chi connectivity index (χ4v) is 1.47. The van der Waals surface area contributed by atoms with Crippen LogP contribution in [0.1, 0.15) is 0 Å². The summed E-state index contributed by atoms with van der Waals surface area (Å²) >= 11 is 0. The molecule has 0 bridgehead atoms. The van der Waals surface area contributed by atoms with Gasteiger partial charge >= 0.3 is 0 Å². The number of nitrogen functional groups attached to an aromatic ring is 1. The van der Waals surface area contributed by atoms with Crippen LogP contribution in [0.4, 0.5) is 5.69 Å². The van der Waals surface area contributed by atoms with Gasteiger partial charge in [-0.1, -0.05) is 6.07 Å². The van der Waals surface area contributed by atoms with E-state index in [4.69, 9.17) is 16.4 Å². The summed E-state index contributed by atoms with van der Waals surface area (Å²) in [7, 11) is 1.41. The van der Waals surface area contributed by atoms with E-state index in [2.05, 4.69) is 0 Å². The average molecular weight is 192 g/mol. The molecule has 0 aromatic heterocycles. The van der Waals surface area contributed by atoms with Crippen molar-refractivity contribution in [1.82, 2.24) is 0 Å². The molecule has 60 valence electrons. The quantitative estimate of drug-likeness (QED) is 0.536. The Morgan fingerprint density at radius 3 is 2.36 bits per heavy atom. The molecule has 0 saturated heterocycles. The van der Waals surface area contributed by atoms with Gasteiger partial charge in [-0.2, -0.15) is 0 Å². The molecule has 0 unspecified atom stereocenters. The van der Waals surface area contributed by atoms with Crippen LogP contribution in [-0.4, -0.2) is 8.42 Å². The predicted octanol–water partition coefficient (Wildman–Crippen LogP) is 1.20. The number of benzene rings is 1. The van der Waals surface area contributed by atoms with E-state index in [0.29, 0.717) is 5.69 Å². The Hall–Kier alpha value is -0.740. The zero-order valence-corrected chi connectivity index (χ0v) is 7.06. The molecule has 1 rings (SSSR count). The number of hydrogen-bond acceptors (Lipinski definition) is 3. The normalized spacial score (nSPS) is 11.4. The fourth-order valence-electron chi connectivity index (χ4n) is 0.666. The molecule has 0 aliphatic carbocycles. The molecule has 0 heterocycles. The van der Waals surface area contributed by atoms with Crippen molar-refractivity contribution >= 4 is 25.4 Å². The summed E-state index contributed by atoms with van der Waals surface area (Å²) in [6.07, 6.45) is 0. The Morgan fingerprint density at radius 1 is 1.36 bits per heavy atom. The van der Waals surface area contributed by atoms with Crippen LogP contribution in [-0.2, 0) is 9.05 Å². The van der Waals surface area contributed by atoms with Crippen molar-refractivity contribution in [3.05, 3.63) is 24.3 Å². The molecule has 0 saturated carbocycles. The largest absolute Gasteiger partial charge is 0.399 e. The Bertz CT molecular complexity index is 361. The average Bonchev–Trinajstić information content (AvgIpc) is 1.86. The molecule has 0 atom stereocenters. The third-order valence-electron chi connectivity index (χ3n) is 1.14. The van der Waals surface area contributed by atoms with Crippen molar-refractivity contribution in [3.8, 4) is 0 Å². The molecule has 0 radical (unpaired) electrons. The van der Waals surface area contributed by atoms with Gasteiger partial charge in [0.15, 0.2) is 0 Å². The molecule has 11 heavy (non-hydrogen) atoms. The number of nitrogens with two attached hydrogens (primary N) is 1. The van der Waals surface area contributed by atoms with E-state index in [1.54, 1.807) is 6.07 Å². The van der Waals surface area contributed by atoms with E-state index >= 15 is 0 Å². The zero-order valence-electron chi connectivity index (χ0n) is 5.49. The minimum atomic E-state index is -3.63. The van der Waals surface area contributed by atoms with Crippen LogP contribution in [0.5, 0.6) is 0 Å². The van der Waals surface area contributed by atoms with Crippen LogP contribution < -0.4 is 5.73 Å². The number of anilines is 1. The SMILES string of the molecule is Nc1cccc(S(=O)(=O)Cl)c1. The van der Waals surface area contributed by atoms with Crippen molar-refractivity contribution in [2.45, 2.75) is 4.90 Å². The maximum Gasteiger partial charge on any atom is 0.261 e. The lowest BCUT2D eigenvalue weighted by Gasteiger charge is -1.95. The van der Waals surface area contributed by atoms with Crippen LogP contribution in [0.2, 0.25) is 0 Å². The van der Waals surface area contributed by atoms with Gasteiger partial charge in [0.25, 0.3) is 9.05 Å². The maximum atomic E-state index is 10.7. The molecular weight excluding hydrogens is 186 g/mol. The lowest BCUT2D eigenvalue weighted by atomic mass is 10.3. The first-order valence-electron chi connectivity index (χ1n) is 2.80. The van der Waals surface area contributed by atoms with Crippen molar-refractivity contribution in [1.29, 1.82) is 0 Å². The molecule has 1 aromatic carbocycles. The Labute approximate surface area is 69.2 Å². The Morgan fingerprint density at radius 2 is 2.00 bits per heavy atom. The first-order valence-corrected chi connectivity index (χ1v) is 5.11. The first kappa shape index (κ1) is 8.36. The summed E-state index contributed by atoms with van der Waals surface area (Å²) in [4.78, 5) is 0.0270. The molecule has 2 N–H and O–H groups in total. The summed E-state index contributed by atoms with van der Waals surface area (Å²) in [5, 5.41) is 0. The minimum Gasteiger partial charge on any atom is -0.399 e. The van der Waals surface area contributed by atoms with Crippen LogP contribution in [0, 0.1) is 0 Å². The van der Waals surface area contributed by atoms with E-state index in [1.165, 1.54) is 18.2 Å². The van der Waals surface area contributed by atoms with Crippen molar-refractivity contribution in [3.63, 3.8) is 0 Å². The molecule has 0 aliphatic rings. The second-order valence-electron chi connectivity index (χ2n) is 2.01. The molecule has 0 amide bonds. The summed E-state index contributed by atoms with van der Waals surface area (Å²) in [6, 6.07) is 5.82. The highest BCUT2D eigenvalue weighted by Gasteiger charge is 2.08. The summed E-state index contributed by atoms with van der Waals surface area (Å²) in [5.41, 5.74) is 5.71. The van der Waals surface area contributed by atoms with Gasteiger partial charge in [0.2, 0.25) is 0 Å². The van der Waals surface area contributed by atoms with E-state index in [9.17, 15) is 8.42 Å². The van der Waals surface area contributed by atoms with Crippen LogP contribution >= 0.6 is 10.7 Å². The lowest BCUT2D eigenvalue weighted by molar-refractivity contribution is 0.609. The first-order chi connectivity index (χ1) is 5.00. The van der Waals surface area contributed by atoms with E-state index in [0.717, 1.165) is 0 Å².